The Labute approximate surface area is 111 Å². The fraction of sp³-hybridized carbons (Fsp3) is 0. The summed E-state index contributed by atoms with van der Waals surface area (Å²) in [4.78, 5) is 0.952. The predicted octanol–water partition coefficient (Wildman–Crippen LogP) is 2.58. The molecule has 16 heavy (non-hydrogen) atoms. The summed E-state index contributed by atoms with van der Waals surface area (Å²) in [7, 11) is 0. The first-order chi connectivity index (χ1) is 7.63. The van der Waals surface area contributed by atoms with Crippen molar-refractivity contribution in [1.82, 2.24) is 4.37 Å². The van der Waals surface area contributed by atoms with E-state index in [9.17, 15) is 0 Å². The van der Waals surface area contributed by atoms with Crippen LogP contribution in [0, 0.1) is 34.0 Å². The minimum atomic E-state index is 0.0201. The number of nitrogens with zero attached hydrogens (tertiary/aromatic N) is 4. The molecule has 0 aliphatic rings. The van der Waals surface area contributed by atoms with Gasteiger partial charge in [0.15, 0.2) is 0 Å². The van der Waals surface area contributed by atoms with Crippen LogP contribution in [0.4, 0.5) is 0 Å². The highest BCUT2D eigenvalue weighted by Gasteiger charge is 2.14. The van der Waals surface area contributed by atoms with E-state index in [0.29, 0.717) is 14.8 Å². The maximum atomic E-state index is 8.80. The van der Waals surface area contributed by atoms with Gasteiger partial charge in [0.25, 0.3) is 0 Å². The van der Waals surface area contributed by atoms with Gasteiger partial charge < -0.3 is 0 Å². The van der Waals surface area contributed by atoms with Gasteiger partial charge in [0.2, 0.25) is 0 Å². The van der Waals surface area contributed by atoms with Gasteiger partial charge in [-0.1, -0.05) is 11.8 Å². The number of allylic oxidation sites excluding steroid dienone is 2. The Morgan fingerprint density at radius 1 is 1.31 bits per heavy atom. The molecule has 0 aliphatic carbocycles. The first kappa shape index (κ1) is 13.0. The molecule has 0 atom stereocenters. The van der Waals surface area contributed by atoms with Crippen LogP contribution in [0.3, 0.4) is 0 Å². The third-order valence-electron chi connectivity index (χ3n) is 1.36. The average Bonchev–Trinajstić information content (AvgIpc) is 2.66. The summed E-state index contributed by atoms with van der Waals surface area (Å²) in [5.74, 6) is 0. The molecule has 0 radical (unpaired) electrons. The van der Waals surface area contributed by atoms with Crippen molar-refractivity contribution in [2.75, 3.05) is 0 Å². The summed E-state index contributed by atoms with van der Waals surface area (Å²) in [5, 5.41) is 26.5. The third kappa shape index (κ3) is 2.72. The van der Waals surface area contributed by atoms with E-state index in [4.69, 9.17) is 15.8 Å². The molecule has 0 saturated heterocycles. The number of hydrogen-bond donors (Lipinski definition) is 2. The van der Waals surface area contributed by atoms with Gasteiger partial charge in [-0.2, -0.15) is 20.2 Å². The summed E-state index contributed by atoms with van der Waals surface area (Å²) >= 11 is 9.95. The van der Waals surface area contributed by atoms with Crippen molar-refractivity contribution >= 4 is 48.6 Å². The maximum Gasteiger partial charge on any atom is 0.139 e. The van der Waals surface area contributed by atoms with Crippen molar-refractivity contribution in [2.24, 2.45) is 0 Å². The van der Waals surface area contributed by atoms with Gasteiger partial charge >= 0.3 is 0 Å². The molecule has 4 nitrogen and oxygen atoms in total. The van der Waals surface area contributed by atoms with Crippen LogP contribution in [-0.2, 0) is 0 Å². The second kappa shape index (κ2) is 5.83. The molecule has 0 N–H and O–H groups in total. The van der Waals surface area contributed by atoms with E-state index in [1.165, 1.54) is 0 Å². The molecular formula is C8H2N4S4. The summed E-state index contributed by atoms with van der Waals surface area (Å²) in [6.45, 7) is 0. The van der Waals surface area contributed by atoms with Crippen molar-refractivity contribution in [1.29, 1.82) is 15.8 Å². The van der Waals surface area contributed by atoms with Crippen LogP contribution in [0.5, 0.6) is 0 Å². The Kier molecular flexibility index (Phi) is 4.72. The topological polar surface area (TPSA) is 84.3 Å². The number of aromatic nitrogens is 1. The van der Waals surface area contributed by atoms with E-state index >= 15 is 0 Å². The first-order valence-electron chi connectivity index (χ1n) is 3.64. The quantitative estimate of drug-likeness (QED) is 0.495. The highest BCUT2D eigenvalue weighted by Crippen LogP contribution is 2.35. The Morgan fingerprint density at radius 2 is 2.00 bits per heavy atom. The van der Waals surface area contributed by atoms with Crippen LogP contribution >= 0.6 is 48.6 Å². The zero-order valence-corrected chi connectivity index (χ0v) is 10.9. The molecule has 78 valence electrons. The van der Waals surface area contributed by atoms with Crippen molar-refractivity contribution in [2.45, 2.75) is 9.92 Å². The van der Waals surface area contributed by atoms with Crippen LogP contribution in [0.15, 0.2) is 19.7 Å². The maximum absolute atomic E-state index is 8.80. The zero-order chi connectivity index (χ0) is 12.1. The molecule has 0 unspecified atom stereocenters. The number of hydrogen-bond acceptors (Lipinski definition) is 8. The number of thioether (sulfide) groups is 1. The molecule has 0 fully saturated rings. The molecule has 1 rings (SSSR count). The molecule has 1 aromatic rings. The van der Waals surface area contributed by atoms with Gasteiger partial charge in [0.05, 0.1) is 4.90 Å². The van der Waals surface area contributed by atoms with Gasteiger partial charge in [-0.25, -0.2) is 0 Å². The van der Waals surface area contributed by atoms with E-state index in [1.807, 2.05) is 12.1 Å². The standard InChI is InChI=1S/C8H2N4S4/c9-1-4(13)5(2-10)15-8-7(14)6(3-11)16-12-8/h13-14H. The molecule has 0 saturated carbocycles. The molecule has 1 heterocycles. The lowest BCUT2D eigenvalue weighted by molar-refractivity contribution is 1.16. The van der Waals surface area contributed by atoms with Gasteiger partial charge in [-0.3, -0.25) is 0 Å². The van der Waals surface area contributed by atoms with Crippen LogP contribution in [-0.4, -0.2) is 4.37 Å². The zero-order valence-electron chi connectivity index (χ0n) is 7.50. The van der Waals surface area contributed by atoms with Crippen LogP contribution in [0.25, 0.3) is 0 Å². The molecular weight excluding hydrogens is 280 g/mol. The fourth-order valence-corrected chi connectivity index (χ4v) is 2.69. The number of rotatable bonds is 2. The fourth-order valence-electron chi connectivity index (χ4n) is 0.683. The van der Waals surface area contributed by atoms with Crippen molar-refractivity contribution in [3.63, 3.8) is 0 Å². The van der Waals surface area contributed by atoms with E-state index in [-0.39, 0.29) is 9.81 Å². The van der Waals surface area contributed by atoms with E-state index in [1.54, 1.807) is 6.07 Å². The summed E-state index contributed by atoms with van der Waals surface area (Å²) in [6, 6.07) is 5.54. The van der Waals surface area contributed by atoms with Crippen LogP contribution < -0.4 is 0 Å². The van der Waals surface area contributed by atoms with Crippen molar-refractivity contribution < 1.29 is 0 Å². The van der Waals surface area contributed by atoms with Crippen LogP contribution in [0.1, 0.15) is 4.88 Å². The van der Waals surface area contributed by atoms with Gasteiger partial charge in [-0.05, 0) is 11.5 Å². The van der Waals surface area contributed by atoms with E-state index in [0.717, 1.165) is 23.3 Å². The van der Waals surface area contributed by atoms with Gasteiger partial charge in [0.1, 0.15) is 37.9 Å². The SMILES string of the molecule is N#CC(S)=C(C#N)Sc1nsc(C#N)c1S. The molecule has 0 aliphatic heterocycles. The summed E-state index contributed by atoms with van der Waals surface area (Å²) in [6.07, 6.45) is 0. The Bertz CT molecular complexity index is 566. The predicted molar refractivity (Wildman–Crippen MR) is 67.2 cm³/mol. The number of thiol groups is 2. The van der Waals surface area contributed by atoms with E-state index in [2.05, 4.69) is 29.6 Å². The van der Waals surface area contributed by atoms with Crippen molar-refractivity contribution in [3.05, 3.63) is 14.7 Å². The summed E-state index contributed by atoms with van der Waals surface area (Å²) in [5.41, 5.74) is 0. The van der Waals surface area contributed by atoms with Crippen molar-refractivity contribution in [3.8, 4) is 18.2 Å². The number of nitriles is 3. The lowest BCUT2D eigenvalue weighted by atomic mass is 10.5. The highest BCUT2D eigenvalue weighted by atomic mass is 32.2. The monoisotopic (exact) mass is 282 g/mol. The Hall–Kier alpha value is -1.11. The molecule has 8 heteroatoms. The first-order valence-corrected chi connectivity index (χ1v) is 6.12. The molecule has 1 aromatic heterocycles. The second-order valence-electron chi connectivity index (χ2n) is 2.28. The Balaban J connectivity index is 3.08. The average molecular weight is 282 g/mol. The summed E-state index contributed by atoms with van der Waals surface area (Å²) < 4.78 is 3.97. The normalized spacial score (nSPS) is 10.9. The lowest BCUT2D eigenvalue weighted by Crippen LogP contribution is -1.79. The van der Waals surface area contributed by atoms with E-state index < -0.39 is 0 Å². The molecule has 0 amide bonds. The molecule has 0 aromatic carbocycles. The highest BCUT2D eigenvalue weighted by molar-refractivity contribution is 8.04. The van der Waals surface area contributed by atoms with Crippen LogP contribution in [0.2, 0.25) is 0 Å². The Morgan fingerprint density at radius 3 is 2.44 bits per heavy atom. The minimum Gasteiger partial charge on any atom is -0.192 e. The van der Waals surface area contributed by atoms with Gasteiger partial charge in [-0.15, -0.1) is 25.3 Å². The molecule has 0 spiro atoms. The second-order valence-corrected chi connectivity index (χ2v) is 4.95. The minimum absolute atomic E-state index is 0.0201. The molecule has 0 bridgehead atoms. The smallest absolute Gasteiger partial charge is 0.139 e. The third-order valence-corrected chi connectivity index (χ3v) is 4.43. The largest absolute Gasteiger partial charge is 0.192 e. The lowest BCUT2D eigenvalue weighted by Gasteiger charge is -1.96. The van der Waals surface area contributed by atoms with Gasteiger partial charge in [0, 0.05) is 0 Å².